The van der Waals surface area contributed by atoms with Crippen LogP contribution in [0.1, 0.15) is 42.3 Å². The third kappa shape index (κ3) is 6.36. The molecule has 3 aromatic rings. The first-order valence-electron chi connectivity index (χ1n) is 11.7. The van der Waals surface area contributed by atoms with Gasteiger partial charge in [0.05, 0.1) is 44.1 Å². The normalized spacial score (nSPS) is 10.8. The van der Waals surface area contributed by atoms with Crippen molar-refractivity contribution in [2.24, 2.45) is 0 Å². The number of hydrogen-bond donors (Lipinski definition) is 0. The number of carbonyl (C=O) groups is 1. The second-order valence-electron chi connectivity index (χ2n) is 7.43. The standard InChI is InChI=1S/C29H29NO6/c1-5-33-26-17-21(18-27(34-6-2)28(26)35-7-3)29(31)36-23-12-10-11-20(16-23)15-22(19-30)24-13-8-9-14-25(24)32-4/h8-18H,5-7H2,1-4H3/b22-15-. The van der Waals surface area contributed by atoms with E-state index in [1.54, 1.807) is 49.6 Å². The maximum absolute atomic E-state index is 13.0. The number of methoxy groups -OCH3 is 1. The first-order chi connectivity index (χ1) is 17.5. The number of ether oxygens (including phenoxy) is 5. The van der Waals surface area contributed by atoms with Crippen molar-refractivity contribution in [1.29, 1.82) is 5.26 Å². The molecule has 0 atom stereocenters. The molecule has 0 saturated carbocycles. The molecule has 7 nitrogen and oxygen atoms in total. The van der Waals surface area contributed by atoms with Crippen molar-refractivity contribution in [2.75, 3.05) is 26.9 Å². The largest absolute Gasteiger partial charge is 0.496 e. The van der Waals surface area contributed by atoms with Gasteiger partial charge < -0.3 is 23.7 Å². The SMILES string of the molecule is CCOc1cc(C(=O)Oc2cccc(/C=C(/C#N)c3ccccc3OC)c2)cc(OCC)c1OCC. The minimum Gasteiger partial charge on any atom is -0.496 e. The van der Waals surface area contributed by atoms with Gasteiger partial charge in [-0.25, -0.2) is 4.79 Å². The van der Waals surface area contributed by atoms with Gasteiger partial charge in [-0.15, -0.1) is 0 Å². The number of nitrogens with zero attached hydrogens (tertiary/aromatic N) is 1. The molecule has 0 saturated heterocycles. The van der Waals surface area contributed by atoms with Crippen LogP contribution in [0, 0.1) is 11.3 Å². The monoisotopic (exact) mass is 487 g/mol. The van der Waals surface area contributed by atoms with Crippen LogP contribution in [-0.2, 0) is 0 Å². The summed E-state index contributed by atoms with van der Waals surface area (Å²) in [5.41, 5.74) is 2.05. The molecule has 0 amide bonds. The van der Waals surface area contributed by atoms with E-state index in [9.17, 15) is 10.1 Å². The van der Waals surface area contributed by atoms with Gasteiger partial charge in [-0.2, -0.15) is 5.26 Å². The molecular formula is C29H29NO6. The molecule has 0 aliphatic carbocycles. The van der Waals surface area contributed by atoms with Gasteiger partial charge in [-0.1, -0.05) is 24.3 Å². The summed E-state index contributed by atoms with van der Waals surface area (Å²) in [6, 6.07) is 19.6. The maximum Gasteiger partial charge on any atom is 0.343 e. The number of rotatable bonds is 11. The Morgan fingerprint density at radius 2 is 1.53 bits per heavy atom. The summed E-state index contributed by atoms with van der Waals surface area (Å²) < 4.78 is 28.1. The molecular weight excluding hydrogens is 458 g/mol. The molecule has 0 aromatic heterocycles. The van der Waals surface area contributed by atoms with Crippen molar-refractivity contribution >= 4 is 17.6 Å². The molecule has 186 valence electrons. The summed E-state index contributed by atoms with van der Waals surface area (Å²) in [6.45, 7) is 6.77. The van der Waals surface area contributed by atoms with Gasteiger partial charge in [-0.05, 0) is 68.8 Å². The Labute approximate surface area is 211 Å². The number of nitriles is 1. The number of benzene rings is 3. The molecule has 36 heavy (non-hydrogen) atoms. The molecule has 0 radical (unpaired) electrons. The third-order valence-corrected chi connectivity index (χ3v) is 5.04. The van der Waals surface area contributed by atoms with E-state index in [2.05, 4.69) is 6.07 Å². The second-order valence-corrected chi connectivity index (χ2v) is 7.43. The number of allylic oxidation sites excluding steroid dienone is 1. The van der Waals surface area contributed by atoms with E-state index in [-0.39, 0.29) is 5.56 Å². The summed E-state index contributed by atoms with van der Waals surface area (Å²) in [4.78, 5) is 13.0. The van der Waals surface area contributed by atoms with Crippen LogP contribution in [-0.4, -0.2) is 32.9 Å². The Bertz CT molecular complexity index is 1250. The topological polar surface area (TPSA) is 87.0 Å². The Morgan fingerprint density at radius 1 is 0.861 bits per heavy atom. The Balaban J connectivity index is 1.91. The van der Waals surface area contributed by atoms with Gasteiger partial charge >= 0.3 is 5.97 Å². The molecule has 0 aliphatic heterocycles. The fraction of sp³-hybridized carbons (Fsp3) is 0.241. The quantitative estimate of drug-likeness (QED) is 0.138. The zero-order valence-corrected chi connectivity index (χ0v) is 20.9. The predicted molar refractivity (Wildman–Crippen MR) is 138 cm³/mol. The number of para-hydroxylation sites is 1. The minimum absolute atomic E-state index is 0.262. The lowest BCUT2D eigenvalue weighted by atomic mass is 10.0. The molecule has 0 aliphatic rings. The molecule has 0 heterocycles. The van der Waals surface area contributed by atoms with E-state index in [0.717, 1.165) is 0 Å². The number of hydrogen-bond acceptors (Lipinski definition) is 7. The Morgan fingerprint density at radius 3 is 2.14 bits per heavy atom. The van der Waals surface area contributed by atoms with E-state index >= 15 is 0 Å². The van der Waals surface area contributed by atoms with Crippen LogP contribution < -0.4 is 23.7 Å². The summed E-state index contributed by atoms with van der Waals surface area (Å²) in [5, 5.41) is 9.73. The van der Waals surface area contributed by atoms with E-state index in [1.807, 2.05) is 45.0 Å². The molecule has 0 spiro atoms. The van der Waals surface area contributed by atoms with Crippen molar-refractivity contribution in [3.8, 4) is 34.8 Å². The van der Waals surface area contributed by atoms with Crippen LogP contribution in [0.4, 0.5) is 0 Å². The van der Waals surface area contributed by atoms with Crippen LogP contribution in [0.5, 0.6) is 28.7 Å². The highest BCUT2D eigenvalue weighted by atomic mass is 16.5. The lowest BCUT2D eigenvalue weighted by molar-refractivity contribution is 0.0733. The van der Waals surface area contributed by atoms with Gasteiger partial charge in [0, 0.05) is 5.56 Å². The fourth-order valence-corrected chi connectivity index (χ4v) is 3.54. The highest BCUT2D eigenvalue weighted by molar-refractivity contribution is 5.94. The third-order valence-electron chi connectivity index (χ3n) is 5.04. The minimum atomic E-state index is -0.577. The molecule has 0 fully saturated rings. The first-order valence-corrected chi connectivity index (χ1v) is 11.7. The number of esters is 1. The lowest BCUT2D eigenvalue weighted by Crippen LogP contribution is -2.11. The highest BCUT2D eigenvalue weighted by Gasteiger charge is 2.20. The zero-order chi connectivity index (χ0) is 25.9. The van der Waals surface area contributed by atoms with Crippen molar-refractivity contribution < 1.29 is 28.5 Å². The highest BCUT2D eigenvalue weighted by Crippen LogP contribution is 2.39. The molecule has 0 N–H and O–H groups in total. The van der Waals surface area contributed by atoms with Crippen molar-refractivity contribution in [2.45, 2.75) is 20.8 Å². The van der Waals surface area contributed by atoms with Gasteiger partial charge in [-0.3, -0.25) is 0 Å². The summed E-state index contributed by atoms with van der Waals surface area (Å²) in [7, 11) is 1.56. The van der Waals surface area contributed by atoms with Gasteiger partial charge in [0.25, 0.3) is 0 Å². The zero-order valence-electron chi connectivity index (χ0n) is 20.9. The second kappa shape index (κ2) is 12.9. The molecule has 0 bridgehead atoms. The number of carbonyl (C=O) groups excluding carboxylic acids is 1. The summed E-state index contributed by atoms with van der Waals surface area (Å²) >= 11 is 0. The van der Waals surface area contributed by atoms with E-state index in [1.165, 1.54) is 0 Å². The smallest absolute Gasteiger partial charge is 0.343 e. The molecule has 0 unspecified atom stereocenters. The van der Waals surface area contributed by atoms with Crippen LogP contribution >= 0.6 is 0 Å². The maximum atomic E-state index is 13.0. The van der Waals surface area contributed by atoms with Crippen molar-refractivity contribution in [3.05, 3.63) is 77.4 Å². The van der Waals surface area contributed by atoms with Crippen LogP contribution in [0.15, 0.2) is 60.7 Å². The van der Waals surface area contributed by atoms with E-state index in [4.69, 9.17) is 23.7 Å². The molecule has 7 heteroatoms. The average molecular weight is 488 g/mol. The van der Waals surface area contributed by atoms with Crippen molar-refractivity contribution in [1.82, 2.24) is 0 Å². The average Bonchev–Trinajstić information content (AvgIpc) is 2.89. The van der Waals surface area contributed by atoms with Gasteiger partial charge in [0.15, 0.2) is 11.5 Å². The van der Waals surface area contributed by atoms with Crippen molar-refractivity contribution in [3.63, 3.8) is 0 Å². The summed E-state index contributed by atoms with van der Waals surface area (Å²) in [6.07, 6.45) is 1.71. The predicted octanol–water partition coefficient (Wildman–Crippen LogP) is 6.17. The molecule has 3 rings (SSSR count). The van der Waals surface area contributed by atoms with E-state index < -0.39 is 5.97 Å². The van der Waals surface area contributed by atoms with Gasteiger partial charge in [0.1, 0.15) is 11.5 Å². The summed E-state index contributed by atoms with van der Waals surface area (Å²) in [5.74, 6) is 1.61. The van der Waals surface area contributed by atoms with Crippen LogP contribution in [0.3, 0.4) is 0 Å². The van der Waals surface area contributed by atoms with Crippen LogP contribution in [0.2, 0.25) is 0 Å². The molecule has 3 aromatic carbocycles. The Hall–Kier alpha value is -4.44. The van der Waals surface area contributed by atoms with E-state index in [0.29, 0.717) is 65.3 Å². The Kier molecular flexibility index (Phi) is 9.35. The van der Waals surface area contributed by atoms with Gasteiger partial charge in [0.2, 0.25) is 5.75 Å². The first kappa shape index (κ1) is 26.2. The lowest BCUT2D eigenvalue weighted by Gasteiger charge is -2.16. The van der Waals surface area contributed by atoms with Crippen LogP contribution in [0.25, 0.3) is 11.6 Å². The fourth-order valence-electron chi connectivity index (χ4n) is 3.54.